The summed E-state index contributed by atoms with van der Waals surface area (Å²) in [7, 11) is 0. The number of hydrogen-bond donors (Lipinski definition) is 0. The van der Waals surface area contributed by atoms with Crippen LogP contribution >= 0.6 is 0 Å². The van der Waals surface area contributed by atoms with E-state index >= 15 is 0 Å². The van der Waals surface area contributed by atoms with E-state index in [9.17, 15) is 0 Å². The van der Waals surface area contributed by atoms with Crippen molar-refractivity contribution in [2.45, 2.75) is 25.9 Å². The Morgan fingerprint density at radius 3 is 2.80 bits per heavy atom. The molecule has 0 saturated carbocycles. The van der Waals surface area contributed by atoms with E-state index in [1.807, 2.05) is 0 Å². The van der Waals surface area contributed by atoms with Crippen molar-refractivity contribution in [3.8, 4) is 0 Å². The SMILES string of the molecule is C=C1OC1CCOCCC. The van der Waals surface area contributed by atoms with E-state index in [0.717, 1.165) is 31.8 Å². The molecule has 0 radical (unpaired) electrons. The standard InChI is InChI=1S/C8H14O2/c1-3-5-9-6-4-8-7(2)10-8/h8H,2-6H2,1H3. The molecule has 58 valence electrons. The maximum atomic E-state index is 5.26. The number of epoxide rings is 1. The molecular formula is C8H14O2. The molecule has 1 fully saturated rings. The first-order chi connectivity index (χ1) is 4.84. The lowest BCUT2D eigenvalue weighted by atomic mass is 10.3. The van der Waals surface area contributed by atoms with Crippen LogP contribution in [0.1, 0.15) is 19.8 Å². The highest BCUT2D eigenvalue weighted by Crippen LogP contribution is 2.27. The Balaban J connectivity index is 1.82. The normalized spacial score (nSPS) is 22.5. The molecule has 0 aromatic rings. The maximum absolute atomic E-state index is 5.26. The third-order valence-corrected chi connectivity index (χ3v) is 1.47. The molecule has 1 saturated heterocycles. The zero-order valence-electron chi connectivity index (χ0n) is 6.43. The van der Waals surface area contributed by atoms with Gasteiger partial charge < -0.3 is 9.47 Å². The molecule has 2 nitrogen and oxygen atoms in total. The van der Waals surface area contributed by atoms with Gasteiger partial charge in [-0.2, -0.15) is 0 Å². The average Bonchev–Trinajstić information content (AvgIpc) is 2.60. The molecule has 0 amide bonds. The minimum absolute atomic E-state index is 0.303. The van der Waals surface area contributed by atoms with Crippen LogP contribution in [0.5, 0.6) is 0 Å². The van der Waals surface area contributed by atoms with Gasteiger partial charge in [0.25, 0.3) is 0 Å². The summed E-state index contributed by atoms with van der Waals surface area (Å²) in [5.74, 6) is 0.917. The van der Waals surface area contributed by atoms with E-state index in [1.165, 1.54) is 0 Å². The highest BCUT2D eigenvalue weighted by Gasteiger charge is 2.29. The van der Waals surface area contributed by atoms with E-state index in [0.29, 0.717) is 6.10 Å². The largest absolute Gasteiger partial charge is 0.483 e. The maximum Gasteiger partial charge on any atom is 0.157 e. The first-order valence-corrected chi connectivity index (χ1v) is 3.77. The minimum atomic E-state index is 0.303. The Morgan fingerprint density at radius 2 is 2.30 bits per heavy atom. The summed E-state index contributed by atoms with van der Waals surface area (Å²) in [6.45, 7) is 7.44. The van der Waals surface area contributed by atoms with Gasteiger partial charge in [0.15, 0.2) is 6.10 Å². The fraction of sp³-hybridized carbons (Fsp3) is 0.750. The van der Waals surface area contributed by atoms with Crippen molar-refractivity contribution in [1.82, 2.24) is 0 Å². The van der Waals surface area contributed by atoms with Crippen LogP contribution in [-0.4, -0.2) is 19.3 Å². The Morgan fingerprint density at radius 1 is 1.60 bits per heavy atom. The van der Waals surface area contributed by atoms with Crippen molar-refractivity contribution in [1.29, 1.82) is 0 Å². The molecule has 0 bridgehead atoms. The molecule has 0 aromatic heterocycles. The zero-order valence-corrected chi connectivity index (χ0v) is 6.43. The molecule has 1 atom stereocenters. The number of hydrogen-bond acceptors (Lipinski definition) is 2. The van der Waals surface area contributed by atoms with Crippen molar-refractivity contribution in [2.24, 2.45) is 0 Å². The third kappa shape index (κ3) is 2.40. The highest BCUT2D eigenvalue weighted by atomic mass is 16.6. The van der Waals surface area contributed by atoms with Gasteiger partial charge in [0, 0.05) is 13.0 Å². The zero-order chi connectivity index (χ0) is 7.40. The summed E-state index contributed by atoms with van der Waals surface area (Å²) in [4.78, 5) is 0. The van der Waals surface area contributed by atoms with Crippen LogP contribution in [0, 0.1) is 0 Å². The molecule has 0 spiro atoms. The first-order valence-electron chi connectivity index (χ1n) is 3.77. The molecular weight excluding hydrogens is 128 g/mol. The van der Waals surface area contributed by atoms with Crippen molar-refractivity contribution in [3.05, 3.63) is 12.3 Å². The molecule has 2 heteroatoms. The summed E-state index contributed by atoms with van der Waals surface area (Å²) < 4.78 is 10.3. The third-order valence-electron chi connectivity index (χ3n) is 1.47. The van der Waals surface area contributed by atoms with E-state index in [1.54, 1.807) is 0 Å². The average molecular weight is 142 g/mol. The van der Waals surface area contributed by atoms with Gasteiger partial charge in [0.05, 0.1) is 6.61 Å². The van der Waals surface area contributed by atoms with E-state index in [-0.39, 0.29) is 0 Å². The number of rotatable bonds is 5. The van der Waals surface area contributed by atoms with Crippen molar-refractivity contribution < 1.29 is 9.47 Å². The van der Waals surface area contributed by atoms with Crippen LogP contribution in [0.15, 0.2) is 12.3 Å². The van der Waals surface area contributed by atoms with Gasteiger partial charge in [0.1, 0.15) is 5.76 Å². The van der Waals surface area contributed by atoms with Gasteiger partial charge in [-0.15, -0.1) is 0 Å². The van der Waals surface area contributed by atoms with E-state index in [2.05, 4.69) is 13.5 Å². The Hall–Kier alpha value is -0.500. The fourth-order valence-electron chi connectivity index (χ4n) is 0.805. The van der Waals surface area contributed by atoms with Gasteiger partial charge in [-0.25, -0.2) is 0 Å². The summed E-state index contributed by atoms with van der Waals surface area (Å²) in [6.07, 6.45) is 2.36. The summed E-state index contributed by atoms with van der Waals surface area (Å²) in [5, 5.41) is 0. The minimum Gasteiger partial charge on any atom is -0.483 e. The van der Waals surface area contributed by atoms with Gasteiger partial charge in [-0.05, 0) is 6.42 Å². The van der Waals surface area contributed by atoms with Crippen molar-refractivity contribution in [2.75, 3.05) is 13.2 Å². The molecule has 0 N–H and O–H groups in total. The van der Waals surface area contributed by atoms with Crippen LogP contribution in [0.25, 0.3) is 0 Å². The Labute approximate surface area is 61.8 Å². The summed E-state index contributed by atoms with van der Waals surface area (Å²) >= 11 is 0. The summed E-state index contributed by atoms with van der Waals surface area (Å²) in [5.41, 5.74) is 0. The van der Waals surface area contributed by atoms with E-state index in [4.69, 9.17) is 9.47 Å². The van der Waals surface area contributed by atoms with Gasteiger partial charge >= 0.3 is 0 Å². The van der Waals surface area contributed by atoms with E-state index < -0.39 is 0 Å². The van der Waals surface area contributed by atoms with Crippen molar-refractivity contribution >= 4 is 0 Å². The van der Waals surface area contributed by atoms with Crippen molar-refractivity contribution in [3.63, 3.8) is 0 Å². The first kappa shape index (κ1) is 7.61. The van der Waals surface area contributed by atoms with Crippen LogP contribution in [-0.2, 0) is 9.47 Å². The predicted molar refractivity (Wildman–Crippen MR) is 39.7 cm³/mol. The van der Waals surface area contributed by atoms with Crippen LogP contribution in [0.2, 0.25) is 0 Å². The summed E-state index contributed by atoms with van der Waals surface area (Å²) in [6, 6.07) is 0. The highest BCUT2D eigenvalue weighted by molar-refractivity contribution is 5.07. The Bertz CT molecular complexity index is 120. The molecule has 1 rings (SSSR count). The quantitative estimate of drug-likeness (QED) is 0.430. The fourth-order valence-corrected chi connectivity index (χ4v) is 0.805. The monoisotopic (exact) mass is 142 g/mol. The second kappa shape index (κ2) is 3.62. The molecule has 1 heterocycles. The Kier molecular flexibility index (Phi) is 2.75. The molecule has 10 heavy (non-hydrogen) atoms. The molecule has 1 aliphatic heterocycles. The second-order valence-electron chi connectivity index (χ2n) is 2.47. The molecule has 0 aliphatic carbocycles. The molecule has 1 aliphatic rings. The predicted octanol–water partition coefficient (Wildman–Crippen LogP) is 1.72. The second-order valence-corrected chi connectivity index (χ2v) is 2.47. The lowest BCUT2D eigenvalue weighted by Crippen LogP contribution is -1.98. The molecule has 1 unspecified atom stereocenters. The van der Waals surface area contributed by atoms with Crippen LogP contribution in [0.3, 0.4) is 0 Å². The lowest BCUT2D eigenvalue weighted by molar-refractivity contribution is 0.126. The number of ether oxygens (including phenoxy) is 2. The van der Waals surface area contributed by atoms with Gasteiger partial charge in [0.2, 0.25) is 0 Å². The van der Waals surface area contributed by atoms with Gasteiger partial charge in [-0.1, -0.05) is 13.5 Å². The smallest absolute Gasteiger partial charge is 0.157 e. The molecule has 0 aromatic carbocycles. The topological polar surface area (TPSA) is 21.8 Å². The van der Waals surface area contributed by atoms with Crippen LogP contribution < -0.4 is 0 Å². The lowest BCUT2D eigenvalue weighted by Gasteiger charge is -1.97. The van der Waals surface area contributed by atoms with Crippen LogP contribution in [0.4, 0.5) is 0 Å². The van der Waals surface area contributed by atoms with Gasteiger partial charge in [-0.3, -0.25) is 0 Å².